The molecule has 154 valence electrons. The Morgan fingerprint density at radius 1 is 0.931 bits per heavy atom. The van der Waals surface area contributed by atoms with Crippen LogP contribution in [0.15, 0.2) is 48.5 Å². The van der Waals surface area contributed by atoms with Crippen molar-refractivity contribution in [2.45, 2.75) is 12.5 Å². The molecule has 0 spiro atoms. The molecule has 1 aliphatic heterocycles. The van der Waals surface area contributed by atoms with Gasteiger partial charge >= 0.3 is 0 Å². The molecule has 0 bridgehead atoms. The molecule has 1 fully saturated rings. The van der Waals surface area contributed by atoms with Gasteiger partial charge in [0.2, 0.25) is 0 Å². The molecule has 0 aromatic heterocycles. The summed E-state index contributed by atoms with van der Waals surface area (Å²) in [5.41, 5.74) is 2.36. The number of benzene rings is 2. The largest absolute Gasteiger partial charge is 0.484 e. The van der Waals surface area contributed by atoms with Gasteiger partial charge < -0.3 is 14.4 Å². The fourth-order valence-electron chi connectivity index (χ4n) is 2.68. The second kappa shape index (κ2) is 10.3. The number of amides is 2. The van der Waals surface area contributed by atoms with Crippen LogP contribution < -0.4 is 15.0 Å². The van der Waals surface area contributed by atoms with E-state index in [9.17, 15) is 9.59 Å². The molecule has 0 saturated carbocycles. The number of hydrogen-bond acceptors (Lipinski definition) is 5. The van der Waals surface area contributed by atoms with Crippen LogP contribution >= 0.6 is 23.2 Å². The summed E-state index contributed by atoms with van der Waals surface area (Å²) in [7, 11) is 0. The maximum absolute atomic E-state index is 12.3. The number of nitrogens with zero attached hydrogens (tertiary/aromatic N) is 1. The summed E-state index contributed by atoms with van der Waals surface area (Å²) >= 11 is 11.6. The van der Waals surface area contributed by atoms with Crippen molar-refractivity contribution in [2.24, 2.45) is 0 Å². The minimum Gasteiger partial charge on any atom is -0.484 e. The predicted molar refractivity (Wildman–Crippen MR) is 108 cm³/mol. The Morgan fingerprint density at radius 2 is 1.48 bits per heavy atom. The summed E-state index contributed by atoms with van der Waals surface area (Å²) in [6.07, 6.45) is 0.333. The number of ether oxygens (including phenoxy) is 2. The summed E-state index contributed by atoms with van der Waals surface area (Å²) in [5.74, 6) is 0.532. The Hall–Kier alpha value is -2.48. The third kappa shape index (κ3) is 6.81. The SMILES string of the molecule is O=C(COc1ccc(Cl)cc1)NOC1CCN(C(=O)COc2ccc(Cl)cc2)C1. The van der Waals surface area contributed by atoms with Gasteiger partial charge in [0.15, 0.2) is 13.2 Å². The first-order chi connectivity index (χ1) is 14.0. The molecule has 1 atom stereocenters. The highest BCUT2D eigenvalue weighted by Gasteiger charge is 2.28. The number of likely N-dealkylation sites (tertiary alicyclic amines) is 1. The van der Waals surface area contributed by atoms with Gasteiger partial charge in [0.05, 0.1) is 0 Å². The Labute approximate surface area is 178 Å². The number of nitrogens with one attached hydrogen (secondary N) is 1. The van der Waals surface area contributed by atoms with Gasteiger partial charge in [-0.25, -0.2) is 5.48 Å². The van der Waals surface area contributed by atoms with Gasteiger partial charge in [0.1, 0.15) is 17.6 Å². The van der Waals surface area contributed by atoms with E-state index in [4.69, 9.17) is 37.5 Å². The van der Waals surface area contributed by atoms with Crippen molar-refractivity contribution in [2.75, 3.05) is 26.3 Å². The van der Waals surface area contributed by atoms with Crippen LogP contribution in [-0.4, -0.2) is 49.1 Å². The number of rotatable bonds is 8. The molecule has 1 N–H and O–H groups in total. The van der Waals surface area contributed by atoms with Crippen LogP contribution in [0.4, 0.5) is 0 Å². The van der Waals surface area contributed by atoms with Gasteiger partial charge in [-0.1, -0.05) is 23.2 Å². The summed E-state index contributed by atoms with van der Waals surface area (Å²) in [5, 5.41) is 1.19. The van der Waals surface area contributed by atoms with Crippen LogP contribution in [0, 0.1) is 0 Å². The molecule has 7 nitrogen and oxygen atoms in total. The Bertz CT molecular complexity index is 830. The highest BCUT2D eigenvalue weighted by Crippen LogP contribution is 2.17. The molecule has 3 rings (SSSR count). The molecule has 2 aromatic rings. The number of halogens is 2. The predicted octanol–water partition coefficient (Wildman–Crippen LogP) is 3.10. The standard InChI is InChI=1S/C20H20Cl2N2O5/c21-14-1-5-16(6-2-14)27-12-19(25)23-29-18-9-10-24(11-18)20(26)13-28-17-7-3-15(22)4-8-17/h1-8,18H,9-13H2,(H,23,25). The lowest BCUT2D eigenvalue weighted by Gasteiger charge is -2.17. The minimum absolute atomic E-state index is 0.0738. The van der Waals surface area contributed by atoms with Crippen molar-refractivity contribution < 1.29 is 23.9 Å². The lowest BCUT2D eigenvalue weighted by Crippen LogP contribution is -2.37. The summed E-state index contributed by atoms with van der Waals surface area (Å²) < 4.78 is 10.8. The zero-order valence-electron chi connectivity index (χ0n) is 15.5. The van der Waals surface area contributed by atoms with E-state index in [1.54, 1.807) is 53.4 Å². The average Bonchev–Trinajstić information content (AvgIpc) is 3.20. The first kappa shape index (κ1) is 21.2. The highest BCUT2D eigenvalue weighted by molar-refractivity contribution is 6.30. The van der Waals surface area contributed by atoms with Crippen LogP contribution in [0.25, 0.3) is 0 Å². The molecule has 1 saturated heterocycles. The monoisotopic (exact) mass is 438 g/mol. The van der Waals surface area contributed by atoms with Gasteiger partial charge in [-0.05, 0) is 55.0 Å². The molecule has 29 heavy (non-hydrogen) atoms. The van der Waals surface area contributed by atoms with E-state index in [0.717, 1.165) is 0 Å². The van der Waals surface area contributed by atoms with E-state index in [2.05, 4.69) is 5.48 Å². The molecular weight excluding hydrogens is 419 g/mol. The Balaban J connectivity index is 1.33. The van der Waals surface area contributed by atoms with Gasteiger partial charge in [-0.2, -0.15) is 0 Å². The van der Waals surface area contributed by atoms with E-state index in [-0.39, 0.29) is 25.2 Å². The van der Waals surface area contributed by atoms with Crippen LogP contribution in [0.2, 0.25) is 10.0 Å². The van der Waals surface area contributed by atoms with Gasteiger partial charge in [0.25, 0.3) is 11.8 Å². The van der Waals surface area contributed by atoms with Crippen LogP contribution in [0.5, 0.6) is 11.5 Å². The van der Waals surface area contributed by atoms with Crippen molar-refractivity contribution in [3.05, 3.63) is 58.6 Å². The zero-order valence-corrected chi connectivity index (χ0v) is 17.0. The van der Waals surface area contributed by atoms with Gasteiger partial charge in [0, 0.05) is 23.1 Å². The van der Waals surface area contributed by atoms with Crippen molar-refractivity contribution in [3.8, 4) is 11.5 Å². The topological polar surface area (TPSA) is 77.1 Å². The average molecular weight is 439 g/mol. The number of carbonyl (C=O) groups excluding carboxylic acids is 2. The normalized spacial score (nSPS) is 15.8. The van der Waals surface area contributed by atoms with Crippen molar-refractivity contribution >= 4 is 35.0 Å². The third-order valence-electron chi connectivity index (χ3n) is 4.20. The Morgan fingerprint density at radius 3 is 2.07 bits per heavy atom. The van der Waals surface area contributed by atoms with E-state index in [0.29, 0.717) is 41.1 Å². The van der Waals surface area contributed by atoms with Crippen LogP contribution in [0.1, 0.15) is 6.42 Å². The molecular formula is C20H20Cl2N2O5. The molecule has 2 aromatic carbocycles. The molecule has 9 heteroatoms. The van der Waals surface area contributed by atoms with E-state index >= 15 is 0 Å². The summed E-state index contributed by atoms with van der Waals surface area (Å²) in [4.78, 5) is 31.1. The molecule has 0 aliphatic carbocycles. The van der Waals surface area contributed by atoms with E-state index < -0.39 is 5.91 Å². The summed E-state index contributed by atoms with van der Waals surface area (Å²) in [6.45, 7) is 0.646. The lowest BCUT2D eigenvalue weighted by molar-refractivity contribution is -0.140. The summed E-state index contributed by atoms with van der Waals surface area (Å²) in [6, 6.07) is 13.5. The smallest absolute Gasteiger partial charge is 0.281 e. The molecule has 1 unspecified atom stereocenters. The molecule has 2 amide bonds. The first-order valence-corrected chi connectivity index (χ1v) is 9.74. The molecule has 1 heterocycles. The fourth-order valence-corrected chi connectivity index (χ4v) is 2.93. The van der Waals surface area contributed by atoms with Crippen molar-refractivity contribution in [1.29, 1.82) is 0 Å². The second-order valence-corrected chi connectivity index (χ2v) is 7.25. The quantitative estimate of drug-likeness (QED) is 0.640. The van der Waals surface area contributed by atoms with Gasteiger partial charge in [-0.15, -0.1) is 0 Å². The van der Waals surface area contributed by atoms with Crippen molar-refractivity contribution in [3.63, 3.8) is 0 Å². The van der Waals surface area contributed by atoms with E-state index in [1.807, 2.05) is 0 Å². The van der Waals surface area contributed by atoms with Crippen LogP contribution in [-0.2, 0) is 14.4 Å². The maximum Gasteiger partial charge on any atom is 0.281 e. The maximum atomic E-state index is 12.3. The Kier molecular flexibility index (Phi) is 7.57. The minimum atomic E-state index is -0.421. The van der Waals surface area contributed by atoms with Crippen molar-refractivity contribution in [1.82, 2.24) is 10.4 Å². The van der Waals surface area contributed by atoms with Crippen LogP contribution in [0.3, 0.4) is 0 Å². The number of carbonyl (C=O) groups is 2. The first-order valence-electron chi connectivity index (χ1n) is 8.98. The molecule has 0 radical (unpaired) electrons. The third-order valence-corrected chi connectivity index (χ3v) is 4.70. The number of hydrogen-bond donors (Lipinski definition) is 1. The lowest BCUT2D eigenvalue weighted by atomic mass is 10.3. The van der Waals surface area contributed by atoms with E-state index in [1.165, 1.54) is 0 Å². The van der Waals surface area contributed by atoms with Gasteiger partial charge in [-0.3, -0.25) is 14.4 Å². The fraction of sp³-hybridized carbons (Fsp3) is 0.300. The second-order valence-electron chi connectivity index (χ2n) is 6.38. The highest BCUT2D eigenvalue weighted by atomic mass is 35.5. The zero-order chi connectivity index (χ0) is 20.6. The number of hydroxylamine groups is 1. The molecule has 1 aliphatic rings.